The van der Waals surface area contributed by atoms with Crippen LogP contribution < -0.4 is 11.1 Å². The van der Waals surface area contributed by atoms with Crippen molar-refractivity contribution in [2.24, 2.45) is 10.9 Å². The highest BCUT2D eigenvalue weighted by Crippen LogP contribution is 2.19. The minimum atomic E-state index is -0.416. The van der Waals surface area contributed by atoms with Crippen molar-refractivity contribution < 1.29 is 9.60 Å². The zero-order valence-electron chi connectivity index (χ0n) is 10.9. The van der Waals surface area contributed by atoms with Gasteiger partial charge in [0, 0.05) is 18.2 Å². The minimum Gasteiger partial charge on any atom is -0.409 e. The molecule has 0 amide bonds. The Morgan fingerprint density at radius 1 is 1.37 bits per heavy atom. The van der Waals surface area contributed by atoms with Crippen molar-refractivity contribution >= 4 is 5.84 Å². The van der Waals surface area contributed by atoms with Gasteiger partial charge in [-0.05, 0) is 18.9 Å². The van der Waals surface area contributed by atoms with Gasteiger partial charge in [-0.15, -0.1) is 0 Å². The first-order chi connectivity index (χ1) is 9.22. The maximum Gasteiger partial charge on any atom is 0.173 e. The number of nitrogens with one attached hydrogen (secondary N) is 1. The van der Waals surface area contributed by atoms with E-state index in [9.17, 15) is 4.39 Å². The third-order valence-electron chi connectivity index (χ3n) is 3.65. The average molecular weight is 265 g/mol. The smallest absolute Gasteiger partial charge is 0.173 e. The van der Waals surface area contributed by atoms with Gasteiger partial charge in [-0.3, -0.25) is 0 Å². The van der Waals surface area contributed by atoms with Crippen LogP contribution in [0.3, 0.4) is 0 Å². The van der Waals surface area contributed by atoms with Crippen molar-refractivity contribution in [1.82, 2.24) is 5.32 Å². The Morgan fingerprint density at radius 2 is 2.11 bits per heavy atom. The molecule has 5 heteroatoms. The van der Waals surface area contributed by atoms with Gasteiger partial charge >= 0.3 is 0 Å². The van der Waals surface area contributed by atoms with Crippen molar-refractivity contribution in [3.63, 3.8) is 0 Å². The number of nitrogens with zero attached hydrogens (tertiary/aromatic N) is 1. The van der Waals surface area contributed by atoms with Gasteiger partial charge in [0.05, 0.1) is 5.56 Å². The minimum absolute atomic E-state index is 0.144. The van der Waals surface area contributed by atoms with Crippen molar-refractivity contribution in [3.8, 4) is 0 Å². The molecule has 1 aromatic carbocycles. The summed E-state index contributed by atoms with van der Waals surface area (Å²) in [6, 6.07) is 5.42. The number of oxime groups is 1. The summed E-state index contributed by atoms with van der Waals surface area (Å²) in [5, 5.41) is 14.8. The number of rotatable bonds is 4. The first-order valence-corrected chi connectivity index (χ1v) is 6.71. The third kappa shape index (κ3) is 3.44. The Kier molecular flexibility index (Phi) is 4.74. The van der Waals surface area contributed by atoms with Gasteiger partial charge in [-0.25, -0.2) is 4.39 Å². The second-order valence-electron chi connectivity index (χ2n) is 4.98. The van der Waals surface area contributed by atoms with Crippen molar-refractivity contribution in [1.29, 1.82) is 0 Å². The van der Waals surface area contributed by atoms with E-state index in [-0.39, 0.29) is 11.4 Å². The summed E-state index contributed by atoms with van der Waals surface area (Å²) in [4.78, 5) is 0. The lowest BCUT2D eigenvalue weighted by atomic mass is 9.95. The van der Waals surface area contributed by atoms with Crippen LogP contribution in [-0.4, -0.2) is 17.1 Å². The molecule has 19 heavy (non-hydrogen) atoms. The highest BCUT2D eigenvalue weighted by Gasteiger charge is 2.15. The Labute approximate surface area is 112 Å². The average Bonchev–Trinajstić information content (AvgIpc) is 2.46. The molecule has 1 aliphatic rings. The number of hydrogen-bond acceptors (Lipinski definition) is 3. The highest BCUT2D eigenvalue weighted by atomic mass is 19.1. The fourth-order valence-electron chi connectivity index (χ4n) is 2.53. The van der Waals surface area contributed by atoms with Gasteiger partial charge in [0.25, 0.3) is 0 Å². The highest BCUT2D eigenvalue weighted by molar-refractivity contribution is 5.97. The first kappa shape index (κ1) is 13.8. The maximum atomic E-state index is 14.2. The summed E-state index contributed by atoms with van der Waals surface area (Å²) in [5.41, 5.74) is 6.14. The standard InChI is InChI=1S/C14H20FN3O/c15-13-10(5-4-8-12(13)14(16)18-19)9-17-11-6-2-1-3-7-11/h4-5,8,11,17,19H,1-3,6-7,9H2,(H2,16,18). The predicted octanol–water partition coefficient (Wildman–Crippen LogP) is 2.34. The molecule has 0 aromatic heterocycles. The van der Waals surface area contributed by atoms with Crippen LogP contribution in [0.5, 0.6) is 0 Å². The van der Waals surface area contributed by atoms with E-state index in [0.29, 0.717) is 18.2 Å². The van der Waals surface area contributed by atoms with E-state index >= 15 is 0 Å². The van der Waals surface area contributed by atoms with Crippen LogP contribution in [0.1, 0.15) is 43.2 Å². The molecule has 1 aromatic rings. The summed E-state index contributed by atoms with van der Waals surface area (Å²) in [5.74, 6) is -0.613. The second-order valence-corrected chi connectivity index (χ2v) is 4.98. The summed E-state index contributed by atoms with van der Waals surface area (Å²) in [6.07, 6.45) is 6.09. The molecule has 0 radical (unpaired) electrons. The van der Waals surface area contributed by atoms with E-state index < -0.39 is 5.82 Å². The number of nitrogens with two attached hydrogens (primary N) is 1. The fourth-order valence-corrected chi connectivity index (χ4v) is 2.53. The molecule has 4 nitrogen and oxygen atoms in total. The molecule has 0 atom stereocenters. The molecule has 104 valence electrons. The molecule has 1 fully saturated rings. The third-order valence-corrected chi connectivity index (χ3v) is 3.65. The quantitative estimate of drug-likeness (QED) is 0.339. The first-order valence-electron chi connectivity index (χ1n) is 6.71. The van der Waals surface area contributed by atoms with Crippen LogP contribution in [0.2, 0.25) is 0 Å². The van der Waals surface area contributed by atoms with Gasteiger partial charge in [0.1, 0.15) is 5.82 Å². The van der Waals surface area contributed by atoms with Gasteiger partial charge in [0.15, 0.2) is 5.84 Å². The Balaban J connectivity index is 2.04. The normalized spacial score (nSPS) is 17.6. The molecule has 1 saturated carbocycles. The van der Waals surface area contributed by atoms with Crippen molar-refractivity contribution in [2.75, 3.05) is 0 Å². The van der Waals surface area contributed by atoms with Crippen LogP contribution in [0.15, 0.2) is 23.4 Å². The monoisotopic (exact) mass is 265 g/mol. The molecule has 0 spiro atoms. The van der Waals surface area contributed by atoms with E-state index in [2.05, 4.69) is 10.5 Å². The number of benzene rings is 1. The van der Waals surface area contributed by atoms with E-state index in [1.54, 1.807) is 12.1 Å². The lowest BCUT2D eigenvalue weighted by molar-refractivity contribution is 0.318. The molecule has 0 aliphatic heterocycles. The number of halogens is 1. The lowest BCUT2D eigenvalue weighted by Gasteiger charge is -2.23. The molecule has 0 bridgehead atoms. The lowest BCUT2D eigenvalue weighted by Crippen LogP contribution is -2.31. The molecule has 0 unspecified atom stereocenters. The van der Waals surface area contributed by atoms with E-state index in [4.69, 9.17) is 10.9 Å². The summed E-state index contributed by atoms with van der Waals surface area (Å²) >= 11 is 0. The second kappa shape index (κ2) is 6.52. The molecule has 4 N–H and O–H groups in total. The van der Waals surface area contributed by atoms with Gasteiger partial charge in [-0.1, -0.05) is 36.6 Å². The van der Waals surface area contributed by atoms with E-state index in [1.807, 2.05) is 0 Å². The molecule has 1 aliphatic carbocycles. The Hall–Kier alpha value is -1.62. The number of hydrogen-bond donors (Lipinski definition) is 3. The topological polar surface area (TPSA) is 70.6 Å². The van der Waals surface area contributed by atoms with Crippen LogP contribution in [0.25, 0.3) is 0 Å². The van der Waals surface area contributed by atoms with Crippen LogP contribution >= 0.6 is 0 Å². The Bertz CT molecular complexity index is 456. The largest absolute Gasteiger partial charge is 0.409 e. The predicted molar refractivity (Wildman–Crippen MR) is 72.6 cm³/mol. The zero-order valence-corrected chi connectivity index (χ0v) is 10.9. The number of amidine groups is 1. The molecule has 0 heterocycles. The van der Waals surface area contributed by atoms with Gasteiger partial charge < -0.3 is 16.3 Å². The molecular formula is C14H20FN3O. The maximum absolute atomic E-state index is 14.2. The summed E-state index contributed by atoms with van der Waals surface area (Å²) in [7, 11) is 0. The molecular weight excluding hydrogens is 245 g/mol. The van der Waals surface area contributed by atoms with Crippen LogP contribution in [0.4, 0.5) is 4.39 Å². The fraction of sp³-hybridized carbons (Fsp3) is 0.500. The summed E-state index contributed by atoms with van der Waals surface area (Å²) < 4.78 is 14.2. The van der Waals surface area contributed by atoms with Gasteiger partial charge in [0.2, 0.25) is 0 Å². The zero-order chi connectivity index (χ0) is 13.7. The van der Waals surface area contributed by atoms with Gasteiger partial charge in [-0.2, -0.15) is 0 Å². The molecule has 0 saturated heterocycles. The SMILES string of the molecule is N/C(=N/O)c1cccc(CNC2CCCCC2)c1F. The van der Waals surface area contributed by atoms with Crippen molar-refractivity contribution in [2.45, 2.75) is 44.7 Å². The summed E-state index contributed by atoms with van der Waals surface area (Å²) in [6.45, 7) is 0.475. The van der Waals surface area contributed by atoms with Crippen molar-refractivity contribution in [3.05, 3.63) is 35.1 Å². The van der Waals surface area contributed by atoms with Crippen LogP contribution in [-0.2, 0) is 6.54 Å². The molecule has 2 rings (SSSR count). The van der Waals surface area contributed by atoms with E-state index in [0.717, 1.165) is 12.8 Å². The Morgan fingerprint density at radius 3 is 2.79 bits per heavy atom. The van der Waals surface area contributed by atoms with Crippen LogP contribution in [0, 0.1) is 5.82 Å². The van der Waals surface area contributed by atoms with E-state index in [1.165, 1.54) is 25.3 Å².